The van der Waals surface area contributed by atoms with E-state index in [2.05, 4.69) is 17.6 Å². The molecule has 0 aromatic carbocycles. The molecule has 2 heteroatoms. The van der Waals surface area contributed by atoms with Crippen molar-refractivity contribution in [2.75, 3.05) is 5.75 Å². The average molecular weight is 165 g/mol. The fourth-order valence-corrected chi connectivity index (χ4v) is 0.965. The van der Waals surface area contributed by atoms with Gasteiger partial charge in [0.05, 0.1) is 0 Å². The smallest absolute Gasteiger partial charge is 0.0378 e. The summed E-state index contributed by atoms with van der Waals surface area (Å²) in [6.07, 6.45) is 5.87. The van der Waals surface area contributed by atoms with E-state index >= 15 is 0 Å². The predicted molar refractivity (Wildman–Crippen MR) is 51.9 cm³/mol. The summed E-state index contributed by atoms with van der Waals surface area (Å²) in [5.74, 6) is 0.779. The van der Waals surface area contributed by atoms with Crippen LogP contribution in [0.4, 0.5) is 0 Å². The van der Waals surface area contributed by atoms with Crippen LogP contribution in [0, 0.1) is 6.92 Å². The van der Waals surface area contributed by atoms with Gasteiger partial charge in [0.15, 0.2) is 0 Å². The average Bonchev–Trinajstić information content (AvgIpc) is 2.01. The van der Waals surface area contributed by atoms with Crippen molar-refractivity contribution in [2.24, 2.45) is 0 Å². The van der Waals surface area contributed by atoms with Crippen molar-refractivity contribution < 1.29 is 0 Å². The van der Waals surface area contributed by atoms with Crippen molar-refractivity contribution in [3.8, 4) is 0 Å². The molecule has 0 unspecified atom stereocenters. The van der Waals surface area contributed by atoms with Gasteiger partial charge in [-0.05, 0) is 24.6 Å². The molecule has 0 atom stereocenters. The van der Waals surface area contributed by atoms with E-state index in [1.165, 1.54) is 5.56 Å². The van der Waals surface area contributed by atoms with E-state index in [4.69, 9.17) is 0 Å². The Morgan fingerprint density at radius 3 is 3.09 bits per heavy atom. The van der Waals surface area contributed by atoms with Crippen LogP contribution >= 0.6 is 12.6 Å². The van der Waals surface area contributed by atoms with Crippen molar-refractivity contribution >= 4 is 18.7 Å². The van der Waals surface area contributed by atoms with Crippen molar-refractivity contribution in [2.45, 2.75) is 6.92 Å². The third-order valence-electron chi connectivity index (χ3n) is 1.34. The number of hydrogen-bond acceptors (Lipinski definition) is 2. The highest BCUT2D eigenvalue weighted by Crippen LogP contribution is 2.02. The first-order chi connectivity index (χ1) is 5.33. The van der Waals surface area contributed by atoms with Gasteiger partial charge in [-0.1, -0.05) is 12.2 Å². The first-order valence-electron chi connectivity index (χ1n) is 3.53. The molecule has 0 fully saturated rings. The second kappa shape index (κ2) is 4.19. The third-order valence-corrected chi connectivity index (χ3v) is 1.55. The minimum Gasteiger partial charge on any atom is -0.262 e. The molecule has 1 nitrogen and oxygen atoms in total. The number of rotatable bonds is 2. The molecule has 0 saturated carbocycles. The lowest BCUT2D eigenvalue weighted by Gasteiger charge is -1.93. The summed E-state index contributed by atoms with van der Waals surface area (Å²) in [6, 6.07) is 4.02. The monoisotopic (exact) mass is 165 g/mol. The number of pyridine rings is 1. The van der Waals surface area contributed by atoms with Crippen LogP contribution in [0.15, 0.2) is 24.4 Å². The lowest BCUT2D eigenvalue weighted by molar-refractivity contribution is 1.20. The Morgan fingerprint density at radius 2 is 2.45 bits per heavy atom. The fraction of sp³-hybridized carbons (Fsp3) is 0.222. The van der Waals surface area contributed by atoms with Crippen LogP contribution in [0.2, 0.25) is 0 Å². The Hall–Kier alpha value is -0.760. The Kier molecular flexibility index (Phi) is 3.17. The molecule has 0 amide bonds. The summed E-state index contributed by atoms with van der Waals surface area (Å²) in [5, 5.41) is 0. The zero-order valence-corrected chi connectivity index (χ0v) is 7.38. The van der Waals surface area contributed by atoms with E-state index in [-0.39, 0.29) is 0 Å². The van der Waals surface area contributed by atoms with Crippen LogP contribution in [0.25, 0.3) is 6.08 Å². The van der Waals surface area contributed by atoms with Gasteiger partial charge in [-0.25, -0.2) is 0 Å². The van der Waals surface area contributed by atoms with E-state index in [0.717, 1.165) is 11.4 Å². The van der Waals surface area contributed by atoms with Gasteiger partial charge in [0, 0.05) is 17.6 Å². The Morgan fingerprint density at radius 1 is 1.64 bits per heavy atom. The molecule has 1 aromatic heterocycles. The van der Waals surface area contributed by atoms with E-state index in [1.54, 1.807) is 0 Å². The van der Waals surface area contributed by atoms with Gasteiger partial charge in [0.25, 0.3) is 0 Å². The standard InChI is InChI=1S/C9H11NS/c1-8-7-9(3-2-6-11)4-5-10-8/h2-5,7,11H,6H2,1H3. The SMILES string of the molecule is Cc1cc(C=CCS)ccn1. The maximum absolute atomic E-state index is 4.09. The number of hydrogen-bond donors (Lipinski definition) is 1. The molecule has 0 radical (unpaired) electrons. The van der Waals surface area contributed by atoms with Gasteiger partial charge in [0.1, 0.15) is 0 Å². The fourth-order valence-electron chi connectivity index (χ4n) is 0.860. The maximum atomic E-state index is 4.09. The van der Waals surface area contributed by atoms with Gasteiger partial charge < -0.3 is 0 Å². The van der Waals surface area contributed by atoms with Crippen molar-refractivity contribution in [3.63, 3.8) is 0 Å². The highest BCUT2D eigenvalue weighted by molar-refractivity contribution is 7.80. The van der Waals surface area contributed by atoms with Crippen molar-refractivity contribution in [1.29, 1.82) is 0 Å². The molecular formula is C9H11NS. The highest BCUT2D eigenvalue weighted by Gasteiger charge is 1.86. The second-order valence-corrected chi connectivity index (χ2v) is 2.68. The number of aromatic nitrogens is 1. The molecule has 1 heterocycles. The molecule has 11 heavy (non-hydrogen) atoms. The summed E-state index contributed by atoms with van der Waals surface area (Å²) in [4.78, 5) is 4.09. The second-order valence-electron chi connectivity index (χ2n) is 2.32. The molecule has 0 bridgehead atoms. The number of aryl methyl sites for hydroxylation is 1. The minimum atomic E-state index is 0.779. The Balaban J connectivity index is 2.79. The maximum Gasteiger partial charge on any atom is 0.0378 e. The van der Waals surface area contributed by atoms with Crippen LogP contribution in [0.3, 0.4) is 0 Å². The third kappa shape index (κ3) is 2.76. The van der Waals surface area contributed by atoms with E-state index in [9.17, 15) is 0 Å². The largest absolute Gasteiger partial charge is 0.262 e. The lowest BCUT2D eigenvalue weighted by atomic mass is 10.2. The van der Waals surface area contributed by atoms with Crippen molar-refractivity contribution in [1.82, 2.24) is 4.98 Å². The molecular weight excluding hydrogens is 154 g/mol. The van der Waals surface area contributed by atoms with Crippen molar-refractivity contribution in [3.05, 3.63) is 35.7 Å². The summed E-state index contributed by atoms with van der Waals surface area (Å²) < 4.78 is 0. The van der Waals surface area contributed by atoms with Crippen LogP contribution in [0.1, 0.15) is 11.3 Å². The first kappa shape index (κ1) is 8.34. The quantitative estimate of drug-likeness (QED) is 0.664. The van der Waals surface area contributed by atoms with Crippen LogP contribution in [-0.2, 0) is 0 Å². The van der Waals surface area contributed by atoms with Gasteiger partial charge in [-0.3, -0.25) is 4.98 Å². The van der Waals surface area contributed by atoms with E-state index < -0.39 is 0 Å². The van der Waals surface area contributed by atoms with Crippen LogP contribution < -0.4 is 0 Å². The normalized spacial score (nSPS) is 10.7. The topological polar surface area (TPSA) is 12.9 Å². The van der Waals surface area contributed by atoms with Gasteiger partial charge in [-0.2, -0.15) is 12.6 Å². The number of thiol groups is 1. The Labute approximate surface area is 72.6 Å². The van der Waals surface area contributed by atoms with Crippen LogP contribution in [0.5, 0.6) is 0 Å². The predicted octanol–water partition coefficient (Wildman–Crippen LogP) is 2.33. The van der Waals surface area contributed by atoms with Gasteiger partial charge >= 0.3 is 0 Å². The summed E-state index contributed by atoms with van der Waals surface area (Å²) in [7, 11) is 0. The summed E-state index contributed by atoms with van der Waals surface area (Å²) in [5.41, 5.74) is 2.23. The molecule has 58 valence electrons. The molecule has 0 spiro atoms. The highest BCUT2D eigenvalue weighted by atomic mass is 32.1. The number of nitrogens with zero attached hydrogens (tertiary/aromatic N) is 1. The minimum absolute atomic E-state index is 0.779. The van der Waals surface area contributed by atoms with Crippen LogP contribution in [-0.4, -0.2) is 10.7 Å². The molecule has 0 N–H and O–H groups in total. The summed E-state index contributed by atoms with van der Waals surface area (Å²) in [6.45, 7) is 1.98. The molecule has 0 aliphatic rings. The first-order valence-corrected chi connectivity index (χ1v) is 4.16. The van der Waals surface area contributed by atoms with Gasteiger partial charge in [-0.15, -0.1) is 0 Å². The molecule has 0 saturated heterocycles. The molecule has 0 aliphatic heterocycles. The lowest BCUT2D eigenvalue weighted by Crippen LogP contribution is -1.79. The van der Waals surface area contributed by atoms with E-state index in [0.29, 0.717) is 0 Å². The van der Waals surface area contributed by atoms with E-state index in [1.807, 2.05) is 37.4 Å². The summed E-state index contributed by atoms with van der Waals surface area (Å²) >= 11 is 4.07. The zero-order chi connectivity index (χ0) is 8.10. The molecule has 1 aromatic rings. The van der Waals surface area contributed by atoms with Gasteiger partial charge in [0.2, 0.25) is 0 Å². The molecule has 0 aliphatic carbocycles. The Bertz CT molecular complexity index is 255. The zero-order valence-electron chi connectivity index (χ0n) is 6.49. The molecule has 1 rings (SSSR count).